The summed E-state index contributed by atoms with van der Waals surface area (Å²) in [5.74, 6) is 0. The molecule has 21 heavy (non-hydrogen) atoms. The van der Waals surface area contributed by atoms with Crippen molar-refractivity contribution in [1.82, 2.24) is 4.31 Å². The third-order valence-electron chi connectivity index (χ3n) is 2.62. The van der Waals surface area contributed by atoms with Gasteiger partial charge >= 0.3 is 0 Å². The zero-order valence-corrected chi connectivity index (χ0v) is 13.8. The third-order valence-corrected chi connectivity index (χ3v) is 7.21. The fraction of sp³-hybridized carbons (Fsp3) is 0.167. The summed E-state index contributed by atoms with van der Waals surface area (Å²) >= 11 is 1.09. The predicted molar refractivity (Wildman–Crippen MR) is 82.4 cm³/mol. The Bertz CT molecular complexity index is 825. The van der Waals surface area contributed by atoms with Crippen LogP contribution in [0.2, 0.25) is 0 Å². The lowest BCUT2D eigenvalue weighted by Crippen LogP contribution is -2.22. The first-order valence-electron chi connectivity index (χ1n) is 5.82. The van der Waals surface area contributed by atoms with Gasteiger partial charge in [0.1, 0.15) is 4.21 Å². The zero-order valence-electron chi connectivity index (χ0n) is 11.3. The van der Waals surface area contributed by atoms with Gasteiger partial charge in [0, 0.05) is 14.1 Å². The molecule has 0 saturated heterocycles. The minimum absolute atomic E-state index is 0.0267. The van der Waals surface area contributed by atoms with E-state index in [9.17, 15) is 16.8 Å². The molecule has 0 saturated carbocycles. The Hall–Kier alpha value is -1.42. The molecule has 2 aromatic rings. The van der Waals surface area contributed by atoms with Crippen LogP contribution in [0.5, 0.6) is 0 Å². The van der Waals surface area contributed by atoms with E-state index in [4.69, 9.17) is 0 Å². The fourth-order valence-electron chi connectivity index (χ4n) is 1.55. The normalized spacial score (nSPS) is 12.5. The van der Waals surface area contributed by atoms with Crippen molar-refractivity contribution in [3.63, 3.8) is 0 Å². The summed E-state index contributed by atoms with van der Waals surface area (Å²) in [6.45, 7) is 0. The van der Waals surface area contributed by atoms with Gasteiger partial charge in [-0.2, -0.15) is 0 Å². The van der Waals surface area contributed by atoms with E-state index in [1.165, 1.54) is 44.4 Å². The second-order valence-corrected chi connectivity index (χ2v) is 9.36. The summed E-state index contributed by atoms with van der Waals surface area (Å²) in [5.41, 5.74) is 0.200. The average molecular weight is 346 g/mol. The Morgan fingerprint density at radius 3 is 2.33 bits per heavy atom. The maximum Gasteiger partial charge on any atom is 0.271 e. The first-order valence-corrected chi connectivity index (χ1v) is 9.63. The molecule has 0 radical (unpaired) electrons. The topological polar surface area (TPSA) is 83.6 Å². The molecule has 0 bridgehead atoms. The summed E-state index contributed by atoms with van der Waals surface area (Å²) in [5, 5.41) is 1.65. The Kier molecular flexibility index (Phi) is 4.38. The lowest BCUT2D eigenvalue weighted by Gasteiger charge is -2.13. The van der Waals surface area contributed by atoms with E-state index < -0.39 is 20.0 Å². The van der Waals surface area contributed by atoms with Gasteiger partial charge in [0.25, 0.3) is 10.0 Å². The van der Waals surface area contributed by atoms with Crippen molar-refractivity contribution in [2.75, 3.05) is 18.8 Å². The molecule has 1 N–H and O–H groups in total. The van der Waals surface area contributed by atoms with Crippen LogP contribution in [0.15, 0.2) is 50.9 Å². The Labute approximate surface area is 128 Å². The zero-order chi connectivity index (χ0) is 15.7. The highest BCUT2D eigenvalue weighted by molar-refractivity contribution is 7.94. The van der Waals surface area contributed by atoms with Gasteiger partial charge in [-0.3, -0.25) is 4.72 Å². The molecule has 2 rings (SSSR count). The number of rotatable bonds is 5. The molecule has 0 unspecified atom stereocenters. The molecule has 114 valence electrons. The van der Waals surface area contributed by atoms with Crippen molar-refractivity contribution in [2.45, 2.75) is 9.10 Å². The maximum absolute atomic E-state index is 12.1. The van der Waals surface area contributed by atoms with Crippen LogP contribution in [-0.4, -0.2) is 35.2 Å². The molecule has 9 heteroatoms. The van der Waals surface area contributed by atoms with Crippen LogP contribution < -0.4 is 4.72 Å². The molecular formula is C12H14N2O4S3. The highest BCUT2D eigenvalue weighted by atomic mass is 32.2. The fourth-order valence-corrected chi connectivity index (χ4v) is 4.54. The number of anilines is 1. The molecule has 0 atom stereocenters. The van der Waals surface area contributed by atoms with Crippen molar-refractivity contribution in [2.24, 2.45) is 0 Å². The SMILES string of the molecule is CN(C)S(=O)(=O)c1cccc(NS(=O)(=O)c2cccs2)c1. The van der Waals surface area contributed by atoms with Gasteiger partial charge in [-0.1, -0.05) is 12.1 Å². The summed E-state index contributed by atoms with van der Waals surface area (Å²) < 4.78 is 51.9. The molecule has 1 heterocycles. The van der Waals surface area contributed by atoms with Gasteiger partial charge < -0.3 is 0 Å². The highest BCUT2D eigenvalue weighted by Crippen LogP contribution is 2.22. The van der Waals surface area contributed by atoms with Crippen molar-refractivity contribution in [1.29, 1.82) is 0 Å². The number of thiophene rings is 1. The molecule has 0 aliphatic heterocycles. The second-order valence-electron chi connectivity index (χ2n) is 4.35. The van der Waals surface area contributed by atoms with E-state index in [0.717, 1.165) is 15.6 Å². The second kappa shape index (κ2) is 5.76. The Morgan fingerprint density at radius 1 is 1.05 bits per heavy atom. The van der Waals surface area contributed by atoms with Gasteiger partial charge in [0.15, 0.2) is 0 Å². The van der Waals surface area contributed by atoms with Crippen LogP contribution in [0, 0.1) is 0 Å². The smallest absolute Gasteiger partial charge is 0.271 e. The van der Waals surface area contributed by atoms with Gasteiger partial charge in [-0.25, -0.2) is 21.1 Å². The van der Waals surface area contributed by atoms with Crippen LogP contribution in [-0.2, 0) is 20.0 Å². The summed E-state index contributed by atoms with van der Waals surface area (Å²) in [6, 6.07) is 8.81. The van der Waals surface area contributed by atoms with Gasteiger partial charge in [0.2, 0.25) is 10.0 Å². The van der Waals surface area contributed by atoms with Crippen LogP contribution >= 0.6 is 11.3 Å². The molecule has 0 aliphatic rings. The van der Waals surface area contributed by atoms with Crippen LogP contribution in [0.1, 0.15) is 0 Å². The minimum Gasteiger partial charge on any atom is -0.279 e. The van der Waals surface area contributed by atoms with Crippen LogP contribution in [0.3, 0.4) is 0 Å². The standard InChI is InChI=1S/C12H14N2O4S3/c1-14(2)21(17,18)11-6-3-5-10(9-11)13-20(15,16)12-7-4-8-19-12/h3-9,13H,1-2H3. The van der Waals surface area contributed by atoms with Crippen LogP contribution in [0.4, 0.5) is 5.69 Å². The van der Waals surface area contributed by atoms with Gasteiger partial charge in [-0.15, -0.1) is 11.3 Å². The largest absolute Gasteiger partial charge is 0.279 e. The summed E-state index contributed by atoms with van der Waals surface area (Å²) in [6.07, 6.45) is 0. The first-order chi connectivity index (χ1) is 9.73. The quantitative estimate of drug-likeness (QED) is 0.895. The number of nitrogens with zero attached hydrogens (tertiary/aromatic N) is 1. The van der Waals surface area contributed by atoms with E-state index in [0.29, 0.717) is 0 Å². The maximum atomic E-state index is 12.1. The lowest BCUT2D eigenvalue weighted by atomic mass is 10.3. The number of sulfonamides is 2. The third kappa shape index (κ3) is 3.43. The van der Waals surface area contributed by atoms with Crippen molar-refractivity contribution in [3.8, 4) is 0 Å². The molecule has 1 aromatic heterocycles. The van der Waals surface area contributed by atoms with Crippen molar-refractivity contribution < 1.29 is 16.8 Å². The molecule has 1 aromatic carbocycles. The molecular weight excluding hydrogens is 332 g/mol. The Balaban J connectivity index is 2.36. The monoisotopic (exact) mass is 346 g/mol. The highest BCUT2D eigenvalue weighted by Gasteiger charge is 2.19. The van der Waals surface area contributed by atoms with E-state index >= 15 is 0 Å². The van der Waals surface area contributed by atoms with E-state index in [2.05, 4.69) is 4.72 Å². The van der Waals surface area contributed by atoms with Crippen LogP contribution in [0.25, 0.3) is 0 Å². The van der Waals surface area contributed by atoms with E-state index in [-0.39, 0.29) is 14.8 Å². The van der Waals surface area contributed by atoms with E-state index in [1.54, 1.807) is 11.4 Å². The number of benzene rings is 1. The number of hydrogen-bond donors (Lipinski definition) is 1. The number of nitrogens with one attached hydrogen (secondary N) is 1. The first kappa shape index (κ1) is 16.0. The molecule has 0 spiro atoms. The minimum atomic E-state index is -3.69. The number of hydrogen-bond acceptors (Lipinski definition) is 5. The molecule has 0 amide bonds. The molecule has 0 aliphatic carbocycles. The average Bonchev–Trinajstić information content (AvgIpc) is 2.93. The Morgan fingerprint density at radius 2 is 1.76 bits per heavy atom. The van der Waals surface area contributed by atoms with Gasteiger partial charge in [-0.05, 0) is 29.6 Å². The lowest BCUT2D eigenvalue weighted by molar-refractivity contribution is 0.521. The summed E-state index contributed by atoms with van der Waals surface area (Å²) in [4.78, 5) is 0.0267. The predicted octanol–water partition coefficient (Wildman–Crippen LogP) is 1.80. The van der Waals surface area contributed by atoms with Crippen molar-refractivity contribution >= 4 is 37.1 Å². The van der Waals surface area contributed by atoms with Crippen molar-refractivity contribution in [3.05, 3.63) is 41.8 Å². The summed E-state index contributed by atoms with van der Waals surface area (Å²) in [7, 11) is -4.47. The van der Waals surface area contributed by atoms with E-state index in [1.807, 2.05) is 0 Å². The van der Waals surface area contributed by atoms with Gasteiger partial charge in [0.05, 0.1) is 10.6 Å². The molecule has 6 nitrogen and oxygen atoms in total. The molecule has 0 fully saturated rings.